The minimum Gasteiger partial charge on any atom is -0.365 e. The summed E-state index contributed by atoms with van der Waals surface area (Å²) in [6.45, 7) is 2.19. The molecule has 1 saturated heterocycles. The Hall–Kier alpha value is -3.00. The molecule has 6 nitrogen and oxygen atoms in total. The van der Waals surface area contributed by atoms with E-state index in [4.69, 9.17) is 4.74 Å². The van der Waals surface area contributed by atoms with Crippen molar-refractivity contribution in [1.29, 1.82) is 0 Å². The van der Waals surface area contributed by atoms with Crippen LogP contribution in [-0.2, 0) is 14.3 Å². The van der Waals surface area contributed by atoms with E-state index in [1.165, 1.54) is 37.3 Å². The van der Waals surface area contributed by atoms with Crippen molar-refractivity contribution in [3.8, 4) is 0 Å². The molecule has 1 aliphatic rings. The summed E-state index contributed by atoms with van der Waals surface area (Å²) < 4.78 is 32.8. The van der Waals surface area contributed by atoms with Gasteiger partial charge in [-0.2, -0.15) is 0 Å². The number of rotatable bonds is 6. The van der Waals surface area contributed by atoms with Crippen LogP contribution in [0.4, 0.5) is 25.8 Å². The summed E-state index contributed by atoms with van der Waals surface area (Å²) in [5.74, 6) is -1.49. The lowest BCUT2D eigenvalue weighted by atomic mass is 10.2. The van der Waals surface area contributed by atoms with Crippen LogP contribution >= 0.6 is 0 Å². The number of carbonyl (C=O) groups excluding carboxylic acids is 2. The first-order valence-corrected chi connectivity index (χ1v) is 8.40. The third-order valence-corrected chi connectivity index (χ3v) is 4.14. The normalized spacial score (nSPS) is 13.8. The Morgan fingerprint density at radius 3 is 2.56 bits per heavy atom. The van der Waals surface area contributed by atoms with Crippen LogP contribution in [0.3, 0.4) is 0 Å². The topological polar surface area (TPSA) is 70.7 Å². The maximum atomic E-state index is 13.8. The van der Waals surface area contributed by atoms with Crippen LogP contribution in [0.15, 0.2) is 42.5 Å². The molecule has 1 heterocycles. The van der Waals surface area contributed by atoms with Gasteiger partial charge in [0.2, 0.25) is 11.8 Å². The molecule has 2 N–H and O–H groups in total. The Labute approximate surface area is 155 Å². The molecule has 0 radical (unpaired) electrons. The van der Waals surface area contributed by atoms with E-state index in [1.54, 1.807) is 17.0 Å². The Bertz CT molecular complexity index is 854. The van der Waals surface area contributed by atoms with Crippen LogP contribution < -0.4 is 10.6 Å². The van der Waals surface area contributed by atoms with Gasteiger partial charge < -0.3 is 20.3 Å². The predicted molar refractivity (Wildman–Crippen MR) is 96.7 cm³/mol. The molecule has 0 bridgehead atoms. The third kappa shape index (κ3) is 4.79. The largest absolute Gasteiger partial charge is 0.365 e. The number of para-hydroxylation sites is 1. The number of ether oxygens (including phenoxy) is 1. The molecule has 0 saturated carbocycles. The lowest BCUT2D eigenvalue weighted by Crippen LogP contribution is -2.54. The molecule has 0 unspecified atom stereocenters. The van der Waals surface area contributed by atoms with Gasteiger partial charge in [-0.15, -0.1) is 0 Å². The molecule has 27 heavy (non-hydrogen) atoms. The van der Waals surface area contributed by atoms with Gasteiger partial charge in [0.25, 0.3) is 0 Å². The maximum Gasteiger partial charge on any atom is 0.250 e. The number of nitrogens with zero attached hydrogens (tertiary/aromatic N) is 1. The molecule has 1 fully saturated rings. The Morgan fingerprint density at radius 2 is 1.85 bits per heavy atom. The molecular weight excluding hydrogens is 356 g/mol. The van der Waals surface area contributed by atoms with E-state index in [1.807, 2.05) is 0 Å². The van der Waals surface area contributed by atoms with Gasteiger partial charge >= 0.3 is 0 Å². The Kier molecular flexibility index (Phi) is 5.66. The zero-order valence-electron chi connectivity index (χ0n) is 14.7. The lowest BCUT2D eigenvalue weighted by molar-refractivity contribution is -0.144. The molecule has 2 aromatic carbocycles. The van der Waals surface area contributed by atoms with Gasteiger partial charge in [0.15, 0.2) is 0 Å². The van der Waals surface area contributed by atoms with E-state index in [2.05, 4.69) is 10.6 Å². The summed E-state index contributed by atoms with van der Waals surface area (Å²) in [6, 6.07) is 9.71. The van der Waals surface area contributed by atoms with Crippen molar-refractivity contribution in [3.63, 3.8) is 0 Å². The molecule has 0 aliphatic carbocycles. The van der Waals surface area contributed by atoms with Gasteiger partial charge in [0.05, 0.1) is 23.2 Å². The molecule has 0 spiro atoms. The van der Waals surface area contributed by atoms with Gasteiger partial charge in [-0.05, 0) is 30.3 Å². The average molecular weight is 375 g/mol. The van der Waals surface area contributed by atoms with Crippen LogP contribution in [0.25, 0.3) is 0 Å². The van der Waals surface area contributed by atoms with E-state index in [9.17, 15) is 18.4 Å². The molecular formula is C19H19F2N3O3. The van der Waals surface area contributed by atoms with Crippen LogP contribution in [0.2, 0.25) is 0 Å². The van der Waals surface area contributed by atoms with E-state index >= 15 is 0 Å². The van der Waals surface area contributed by atoms with Gasteiger partial charge in [-0.1, -0.05) is 12.1 Å². The van der Waals surface area contributed by atoms with E-state index in [0.29, 0.717) is 18.8 Å². The number of anilines is 3. The maximum absolute atomic E-state index is 13.8. The van der Waals surface area contributed by atoms with Crippen molar-refractivity contribution >= 4 is 28.9 Å². The molecule has 3 rings (SSSR count). The number of amides is 2. The second-order valence-electron chi connectivity index (χ2n) is 6.20. The standard InChI is InChI=1S/C19H19F2N3O3/c1-12(25)24-9-14(10-24)27-11-19(26)23-17-7-6-13(20)8-18(17)22-16-5-3-2-4-15(16)21/h2-8,14,22H,9-11H2,1H3,(H,23,26). The summed E-state index contributed by atoms with van der Waals surface area (Å²) in [5.41, 5.74) is 0.681. The van der Waals surface area contributed by atoms with Crippen molar-refractivity contribution in [3.05, 3.63) is 54.1 Å². The molecule has 2 aromatic rings. The average Bonchev–Trinajstić information content (AvgIpc) is 2.57. The number of halogens is 2. The van der Waals surface area contributed by atoms with Gasteiger partial charge in [-0.25, -0.2) is 8.78 Å². The Balaban J connectivity index is 1.60. The minimum atomic E-state index is -0.526. The van der Waals surface area contributed by atoms with Gasteiger partial charge in [0.1, 0.15) is 18.2 Å². The number of hydrogen-bond donors (Lipinski definition) is 2. The molecule has 1 aliphatic heterocycles. The van der Waals surface area contributed by atoms with Crippen molar-refractivity contribution in [1.82, 2.24) is 4.90 Å². The second-order valence-corrected chi connectivity index (χ2v) is 6.20. The van der Waals surface area contributed by atoms with E-state index in [-0.39, 0.29) is 30.0 Å². The summed E-state index contributed by atoms with van der Waals surface area (Å²) in [5, 5.41) is 5.40. The van der Waals surface area contributed by atoms with Crippen LogP contribution in [-0.4, -0.2) is 42.5 Å². The fraction of sp³-hybridized carbons (Fsp3) is 0.263. The third-order valence-electron chi connectivity index (χ3n) is 4.14. The fourth-order valence-corrected chi connectivity index (χ4v) is 2.62. The number of carbonyl (C=O) groups is 2. The van der Waals surface area contributed by atoms with E-state index in [0.717, 1.165) is 0 Å². The number of nitrogens with one attached hydrogen (secondary N) is 2. The van der Waals surface area contributed by atoms with Gasteiger partial charge in [-0.3, -0.25) is 9.59 Å². The van der Waals surface area contributed by atoms with Gasteiger partial charge in [0, 0.05) is 20.0 Å². The molecule has 142 valence electrons. The van der Waals surface area contributed by atoms with Crippen molar-refractivity contribution < 1.29 is 23.1 Å². The highest BCUT2D eigenvalue weighted by molar-refractivity contribution is 5.95. The summed E-state index contributed by atoms with van der Waals surface area (Å²) in [7, 11) is 0. The molecule has 0 atom stereocenters. The van der Waals surface area contributed by atoms with Crippen molar-refractivity contribution in [2.24, 2.45) is 0 Å². The highest BCUT2D eigenvalue weighted by Crippen LogP contribution is 2.28. The fourth-order valence-electron chi connectivity index (χ4n) is 2.62. The predicted octanol–water partition coefficient (Wildman–Crippen LogP) is 2.89. The minimum absolute atomic E-state index is 0.0329. The SMILES string of the molecule is CC(=O)N1CC(OCC(=O)Nc2ccc(F)cc2Nc2ccccc2F)C1. The summed E-state index contributed by atoms with van der Waals surface area (Å²) in [4.78, 5) is 24.8. The first-order valence-electron chi connectivity index (χ1n) is 8.40. The highest BCUT2D eigenvalue weighted by Gasteiger charge is 2.29. The van der Waals surface area contributed by atoms with Crippen LogP contribution in [0.5, 0.6) is 0 Å². The lowest BCUT2D eigenvalue weighted by Gasteiger charge is -2.38. The van der Waals surface area contributed by atoms with Crippen LogP contribution in [0, 0.1) is 11.6 Å². The monoisotopic (exact) mass is 375 g/mol. The van der Waals surface area contributed by atoms with Crippen molar-refractivity contribution in [2.45, 2.75) is 13.0 Å². The van der Waals surface area contributed by atoms with Crippen molar-refractivity contribution in [2.75, 3.05) is 30.3 Å². The molecule has 8 heteroatoms. The summed E-state index contributed by atoms with van der Waals surface area (Å²) in [6.07, 6.45) is -0.177. The molecule has 0 aromatic heterocycles. The quantitative estimate of drug-likeness (QED) is 0.815. The van der Waals surface area contributed by atoms with Crippen LogP contribution in [0.1, 0.15) is 6.92 Å². The smallest absolute Gasteiger partial charge is 0.250 e. The first kappa shape index (κ1) is 18.8. The van der Waals surface area contributed by atoms with E-state index < -0.39 is 17.5 Å². The zero-order chi connectivity index (χ0) is 19.4. The number of hydrogen-bond acceptors (Lipinski definition) is 4. The highest BCUT2D eigenvalue weighted by atomic mass is 19.1. The number of likely N-dealkylation sites (tertiary alicyclic amines) is 1. The first-order chi connectivity index (χ1) is 12.9. The molecule has 2 amide bonds. The summed E-state index contributed by atoms with van der Waals surface area (Å²) >= 11 is 0. The zero-order valence-corrected chi connectivity index (χ0v) is 14.7. The Morgan fingerprint density at radius 1 is 1.11 bits per heavy atom. The number of benzene rings is 2. The second kappa shape index (κ2) is 8.13.